The zero-order valence-corrected chi connectivity index (χ0v) is 19.8. The third-order valence-corrected chi connectivity index (χ3v) is 5.76. The van der Waals surface area contributed by atoms with Crippen molar-refractivity contribution in [1.82, 2.24) is 4.90 Å². The van der Waals surface area contributed by atoms with Gasteiger partial charge in [-0.3, -0.25) is 4.79 Å². The molecule has 0 spiro atoms. The van der Waals surface area contributed by atoms with E-state index in [1.54, 1.807) is 17.0 Å². The molecule has 1 amide bonds. The summed E-state index contributed by atoms with van der Waals surface area (Å²) in [5, 5.41) is 4.42. The molecular formula is C28H29FN2O4. The van der Waals surface area contributed by atoms with Crippen molar-refractivity contribution in [1.29, 1.82) is 0 Å². The highest BCUT2D eigenvalue weighted by Gasteiger charge is 2.18. The second-order valence-electron chi connectivity index (χ2n) is 8.36. The molecule has 1 fully saturated rings. The van der Waals surface area contributed by atoms with E-state index in [1.807, 2.05) is 55.5 Å². The normalized spacial score (nSPS) is 14.0. The number of carbonyl (C=O) groups is 1. The number of hydrogen-bond donors (Lipinski definition) is 0. The Morgan fingerprint density at radius 3 is 2.46 bits per heavy atom. The number of morpholine rings is 1. The minimum absolute atomic E-state index is 0.00801. The largest absolute Gasteiger partial charge is 0.483 e. The number of benzene rings is 3. The van der Waals surface area contributed by atoms with E-state index >= 15 is 0 Å². The molecule has 0 aliphatic carbocycles. The predicted octanol–water partition coefficient (Wildman–Crippen LogP) is 4.54. The van der Waals surface area contributed by atoms with Crippen LogP contribution < -0.4 is 4.74 Å². The van der Waals surface area contributed by atoms with E-state index in [0.29, 0.717) is 38.5 Å². The fourth-order valence-corrected chi connectivity index (χ4v) is 3.78. The molecule has 0 unspecified atom stereocenters. The standard InChI is InChI=1S/C28H29FN2O4/c1-21-17-24(9-12-27(21)34-20-28(32)31-13-15-33-16-14-31)26(18-22-5-3-2-4-6-22)30-35-19-23-7-10-25(29)11-8-23/h2-12,17H,13-16,18-20H2,1H3/b30-26-. The zero-order valence-electron chi connectivity index (χ0n) is 19.8. The Morgan fingerprint density at radius 1 is 1.00 bits per heavy atom. The minimum atomic E-state index is -0.286. The van der Waals surface area contributed by atoms with Crippen LogP contribution in [-0.2, 0) is 27.4 Å². The first-order valence-electron chi connectivity index (χ1n) is 11.6. The molecule has 0 atom stereocenters. The van der Waals surface area contributed by atoms with Crippen molar-refractivity contribution in [2.24, 2.45) is 5.16 Å². The van der Waals surface area contributed by atoms with Crippen LogP contribution in [0, 0.1) is 12.7 Å². The van der Waals surface area contributed by atoms with Crippen LogP contribution in [0.2, 0.25) is 0 Å². The molecule has 1 saturated heterocycles. The Morgan fingerprint density at radius 2 is 1.74 bits per heavy atom. The van der Waals surface area contributed by atoms with Crippen molar-refractivity contribution in [2.45, 2.75) is 20.0 Å². The lowest BCUT2D eigenvalue weighted by molar-refractivity contribution is -0.137. The summed E-state index contributed by atoms with van der Waals surface area (Å²) in [7, 11) is 0. The Kier molecular flexibility index (Phi) is 8.46. The first kappa shape index (κ1) is 24.4. The highest BCUT2D eigenvalue weighted by Crippen LogP contribution is 2.21. The van der Waals surface area contributed by atoms with E-state index in [2.05, 4.69) is 5.16 Å². The summed E-state index contributed by atoms with van der Waals surface area (Å²) in [4.78, 5) is 19.8. The van der Waals surface area contributed by atoms with Gasteiger partial charge in [-0.2, -0.15) is 0 Å². The molecule has 1 aliphatic rings. The Hall–Kier alpha value is -3.71. The van der Waals surface area contributed by atoms with Crippen molar-refractivity contribution >= 4 is 11.6 Å². The van der Waals surface area contributed by atoms with Crippen molar-refractivity contribution in [2.75, 3.05) is 32.9 Å². The number of amides is 1. The molecule has 6 nitrogen and oxygen atoms in total. The maximum atomic E-state index is 13.2. The van der Waals surface area contributed by atoms with Gasteiger partial charge < -0.3 is 19.2 Å². The van der Waals surface area contributed by atoms with Crippen molar-refractivity contribution in [3.63, 3.8) is 0 Å². The Balaban J connectivity index is 1.45. The van der Waals surface area contributed by atoms with E-state index in [0.717, 1.165) is 28.0 Å². The average molecular weight is 477 g/mol. The number of rotatable bonds is 9. The van der Waals surface area contributed by atoms with E-state index < -0.39 is 0 Å². The van der Waals surface area contributed by atoms with Crippen LogP contribution in [0.4, 0.5) is 4.39 Å². The van der Waals surface area contributed by atoms with Gasteiger partial charge in [-0.1, -0.05) is 47.6 Å². The molecule has 0 saturated carbocycles. The fraction of sp³-hybridized carbons (Fsp3) is 0.286. The number of halogens is 1. The first-order valence-corrected chi connectivity index (χ1v) is 11.6. The molecule has 3 aromatic rings. The van der Waals surface area contributed by atoms with Crippen molar-refractivity contribution in [3.05, 3.63) is 101 Å². The molecule has 1 heterocycles. The maximum absolute atomic E-state index is 13.2. The zero-order chi connectivity index (χ0) is 24.5. The van der Waals surface area contributed by atoms with Crippen LogP contribution >= 0.6 is 0 Å². The van der Waals surface area contributed by atoms with Gasteiger partial charge in [-0.15, -0.1) is 0 Å². The van der Waals surface area contributed by atoms with E-state index in [9.17, 15) is 9.18 Å². The quantitative estimate of drug-likeness (QED) is 0.336. The van der Waals surface area contributed by atoms with Gasteiger partial charge in [-0.05, 0) is 53.9 Å². The molecule has 0 aromatic heterocycles. The van der Waals surface area contributed by atoms with Crippen LogP contribution in [0.1, 0.15) is 22.3 Å². The molecular weight excluding hydrogens is 447 g/mol. The molecule has 3 aromatic carbocycles. The third kappa shape index (κ3) is 7.13. The van der Waals surface area contributed by atoms with Gasteiger partial charge in [0.25, 0.3) is 5.91 Å². The van der Waals surface area contributed by atoms with E-state index in [-0.39, 0.29) is 24.9 Å². The van der Waals surface area contributed by atoms with E-state index in [4.69, 9.17) is 14.3 Å². The monoisotopic (exact) mass is 476 g/mol. The third-order valence-electron chi connectivity index (χ3n) is 5.76. The SMILES string of the molecule is Cc1cc(/C(Cc2ccccc2)=N\OCc2ccc(F)cc2)ccc1OCC(=O)N1CCOCC1. The van der Waals surface area contributed by atoms with Gasteiger partial charge in [-0.25, -0.2) is 4.39 Å². The number of ether oxygens (including phenoxy) is 2. The summed E-state index contributed by atoms with van der Waals surface area (Å²) in [5.74, 6) is 0.324. The van der Waals surface area contributed by atoms with Gasteiger partial charge in [0.2, 0.25) is 0 Å². The molecule has 0 N–H and O–H groups in total. The molecule has 0 bridgehead atoms. The number of oxime groups is 1. The van der Waals surface area contributed by atoms with Crippen LogP contribution in [0.3, 0.4) is 0 Å². The van der Waals surface area contributed by atoms with Crippen LogP contribution in [0.5, 0.6) is 5.75 Å². The summed E-state index contributed by atoms with van der Waals surface area (Å²) >= 11 is 0. The second-order valence-corrected chi connectivity index (χ2v) is 8.36. The topological polar surface area (TPSA) is 60.4 Å². The summed E-state index contributed by atoms with van der Waals surface area (Å²) in [6.07, 6.45) is 0.583. The van der Waals surface area contributed by atoms with Gasteiger partial charge in [0.05, 0.1) is 18.9 Å². The lowest BCUT2D eigenvalue weighted by Gasteiger charge is -2.26. The first-order chi connectivity index (χ1) is 17.1. The molecule has 7 heteroatoms. The van der Waals surface area contributed by atoms with Crippen molar-refractivity contribution < 1.29 is 23.5 Å². The Bertz CT molecular complexity index is 1140. The lowest BCUT2D eigenvalue weighted by atomic mass is 10.0. The molecule has 0 radical (unpaired) electrons. The summed E-state index contributed by atoms with van der Waals surface area (Å²) in [6.45, 7) is 4.49. The summed E-state index contributed by atoms with van der Waals surface area (Å²) < 4.78 is 24.3. The van der Waals surface area contributed by atoms with Crippen LogP contribution in [0.25, 0.3) is 0 Å². The van der Waals surface area contributed by atoms with Gasteiger partial charge >= 0.3 is 0 Å². The highest BCUT2D eigenvalue weighted by molar-refractivity contribution is 6.01. The number of carbonyl (C=O) groups excluding carboxylic acids is 1. The average Bonchev–Trinajstić information content (AvgIpc) is 2.89. The van der Waals surface area contributed by atoms with Gasteiger partial charge in [0, 0.05) is 25.1 Å². The lowest BCUT2D eigenvalue weighted by Crippen LogP contribution is -2.43. The second kappa shape index (κ2) is 12.1. The maximum Gasteiger partial charge on any atom is 0.260 e. The summed E-state index contributed by atoms with van der Waals surface area (Å²) in [5.41, 5.74) is 4.50. The van der Waals surface area contributed by atoms with Crippen molar-refractivity contribution in [3.8, 4) is 5.75 Å². The van der Waals surface area contributed by atoms with Crippen LogP contribution in [-0.4, -0.2) is 49.4 Å². The number of hydrogen-bond acceptors (Lipinski definition) is 5. The Labute approximate surface area is 204 Å². The van der Waals surface area contributed by atoms with Gasteiger partial charge in [0.15, 0.2) is 6.61 Å². The number of nitrogens with zero attached hydrogens (tertiary/aromatic N) is 2. The highest BCUT2D eigenvalue weighted by atomic mass is 19.1. The smallest absolute Gasteiger partial charge is 0.260 e. The summed E-state index contributed by atoms with van der Waals surface area (Å²) in [6, 6.07) is 21.9. The molecule has 35 heavy (non-hydrogen) atoms. The van der Waals surface area contributed by atoms with Gasteiger partial charge in [0.1, 0.15) is 18.2 Å². The molecule has 4 rings (SSSR count). The molecule has 1 aliphatic heterocycles. The van der Waals surface area contributed by atoms with E-state index in [1.165, 1.54) is 12.1 Å². The fourth-order valence-electron chi connectivity index (χ4n) is 3.78. The van der Waals surface area contributed by atoms with Crippen LogP contribution in [0.15, 0.2) is 78.0 Å². The predicted molar refractivity (Wildman–Crippen MR) is 132 cm³/mol. The number of aryl methyl sites for hydroxylation is 1. The minimum Gasteiger partial charge on any atom is -0.483 e. The molecule has 182 valence electrons.